The Morgan fingerprint density at radius 2 is 1.63 bits per heavy atom. The first kappa shape index (κ1) is 18.3. The number of hydrogen-bond acceptors (Lipinski definition) is 4. The van der Waals surface area contributed by atoms with Gasteiger partial charge in [-0.05, 0) is 17.7 Å². The average molecular weight is 363 g/mol. The van der Waals surface area contributed by atoms with Gasteiger partial charge in [0.2, 0.25) is 5.91 Å². The van der Waals surface area contributed by atoms with Crippen molar-refractivity contribution in [1.82, 2.24) is 25.3 Å². The van der Waals surface area contributed by atoms with Crippen LogP contribution >= 0.6 is 0 Å². The molecular formula is C20H21N5O2. The fourth-order valence-electron chi connectivity index (χ4n) is 2.65. The van der Waals surface area contributed by atoms with Gasteiger partial charge in [0.1, 0.15) is 11.7 Å². The number of carbonyl (C=O) groups excluding carboxylic acids is 2. The third-order valence-corrected chi connectivity index (χ3v) is 4.06. The maximum Gasteiger partial charge on any atom is 0.284 e. The maximum atomic E-state index is 12.7. The van der Waals surface area contributed by atoms with Gasteiger partial charge in [0.15, 0.2) is 0 Å². The molecule has 1 heterocycles. The zero-order chi connectivity index (χ0) is 19.2. The predicted molar refractivity (Wildman–Crippen MR) is 102 cm³/mol. The van der Waals surface area contributed by atoms with Crippen LogP contribution in [-0.2, 0) is 4.79 Å². The molecule has 2 amide bonds. The number of imidazole rings is 1. The number of likely N-dealkylation sites (N-methyl/N-ethyl adjacent to an activating group) is 1. The molecule has 7 nitrogen and oxygen atoms in total. The van der Waals surface area contributed by atoms with Crippen molar-refractivity contribution in [2.75, 3.05) is 14.1 Å². The van der Waals surface area contributed by atoms with E-state index in [0.29, 0.717) is 5.69 Å². The second-order valence-electron chi connectivity index (χ2n) is 6.16. The molecule has 0 saturated carbocycles. The van der Waals surface area contributed by atoms with Crippen molar-refractivity contribution in [2.45, 2.75) is 6.04 Å². The van der Waals surface area contributed by atoms with Crippen molar-refractivity contribution in [3.05, 3.63) is 84.4 Å². The predicted octanol–water partition coefficient (Wildman–Crippen LogP) is 1.94. The number of rotatable bonds is 6. The molecule has 1 unspecified atom stereocenters. The number of nitrogens with zero attached hydrogens (tertiary/aromatic N) is 3. The Morgan fingerprint density at radius 3 is 2.26 bits per heavy atom. The van der Waals surface area contributed by atoms with Crippen molar-refractivity contribution < 1.29 is 9.59 Å². The molecule has 7 heteroatoms. The van der Waals surface area contributed by atoms with E-state index in [1.54, 1.807) is 25.0 Å². The molecule has 0 aliphatic heterocycles. The number of benzene rings is 2. The highest BCUT2D eigenvalue weighted by Gasteiger charge is 2.23. The summed E-state index contributed by atoms with van der Waals surface area (Å²) in [5, 5.41) is 0. The molecule has 27 heavy (non-hydrogen) atoms. The van der Waals surface area contributed by atoms with E-state index < -0.39 is 6.04 Å². The van der Waals surface area contributed by atoms with Crippen LogP contribution in [0.2, 0.25) is 0 Å². The lowest BCUT2D eigenvalue weighted by Crippen LogP contribution is -2.46. The summed E-state index contributed by atoms with van der Waals surface area (Å²) in [6.07, 6.45) is 3.05. The highest BCUT2D eigenvalue weighted by atomic mass is 16.2. The molecule has 1 aromatic heterocycles. The zero-order valence-corrected chi connectivity index (χ0v) is 15.2. The summed E-state index contributed by atoms with van der Waals surface area (Å²) in [6.45, 7) is 0. The first-order valence-electron chi connectivity index (χ1n) is 8.47. The summed E-state index contributed by atoms with van der Waals surface area (Å²) >= 11 is 0. The molecule has 0 bridgehead atoms. The largest absolute Gasteiger partial charge is 0.347 e. The zero-order valence-electron chi connectivity index (χ0n) is 15.2. The minimum atomic E-state index is -0.696. The van der Waals surface area contributed by atoms with Gasteiger partial charge in [-0.1, -0.05) is 48.5 Å². The summed E-state index contributed by atoms with van der Waals surface area (Å²) in [6, 6.07) is 18.0. The third-order valence-electron chi connectivity index (χ3n) is 4.06. The van der Waals surface area contributed by atoms with Crippen LogP contribution in [0.3, 0.4) is 0 Å². The minimum Gasteiger partial charge on any atom is -0.347 e. The fraction of sp³-hybridized carbons (Fsp3) is 0.150. The van der Waals surface area contributed by atoms with Crippen molar-refractivity contribution in [3.63, 3.8) is 0 Å². The average Bonchev–Trinajstić information content (AvgIpc) is 3.19. The Balaban J connectivity index is 1.78. The molecule has 0 fully saturated rings. The van der Waals surface area contributed by atoms with Gasteiger partial charge in [0, 0.05) is 19.8 Å². The number of aromatic nitrogens is 2. The van der Waals surface area contributed by atoms with E-state index in [1.807, 2.05) is 60.7 Å². The molecule has 3 rings (SSSR count). The lowest BCUT2D eigenvalue weighted by atomic mass is 10.1. The molecule has 0 saturated heterocycles. The summed E-state index contributed by atoms with van der Waals surface area (Å²) in [7, 11) is 3.35. The Labute approximate surface area is 157 Å². The Kier molecular flexibility index (Phi) is 5.63. The van der Waals surface area contributed by atoms with Crippen molar-refractivity contribution in [2.24, 2.45) is 0 Å². The molecule has 2 N–H and O–H groups in total. The third kappa shape index (κ3) is 4.21. The van der Waals surface area contributed by atoms with Gasteiger partial charge in [0.05, 0.1) is 12.5 Å². The first-order chi connectivity index (χ1) is 13.1. The molecule has 3 aromatic rings. The fourth-order valence-corrected chi connectivity index (χ4v) is 2.65. The van der Waals surface area contributed by atoms with Crippen molar-refractivity contribution in [1.29, 1.82) is 0 Å². The van der Waals surface area contributed by atoms with E-state index in [4.69, 9.17) is 0 Å². The SMILES string of the molecule is CN(C)C(=O)C(NNC(=O)c1cncn1-c1ccccc1)c1ccccc1. The molecule has 2 aromatic carbocycles. The number of hydrogen-bond donors (Lipinski definition) is 2. The second-order valence-corrected chi connectivity index (χ2v) is 6.16. The topological polar surface area (TPSA) is 79.3 Å². The molecule has 0 aliphatic rings. The number of nitrogens with one attached hydrogen (secondary N) is 2. The molecule has 0 spiro atoms. The van der Waals surface area contributed by atoms with Gasteiger partial charge in [-0.2, -0.15) is 0 Å². The first-order valence-corrected chi connectivity index (χ1v) is 8.47. The summed E-state index contributed by atoms with van der Waals surface area (Å²) in [4.78, 5) is 30.7. The molecule has 0 radical (unpaired) electrons. The van der Waals surface area contributed by atoms with Crippen LogP contribution < -0.4 is 10.9 Å². The lowest BCUT2D eigenvalue weighted by Gasteiger charge is -2.22. The van der Waals surface area contributed by atoms with Gasteiger partial charge < -0.3 is 4.90 Å². The highest BCUT2D eigenvalue weighted by Crippen LogP contribution is 2.15. The van der Waals surface area contributed by atoms with Crippen LogP contribution in [0.1, 0.15) is 22.1 Å². The second kappa shape index (κ2) is 8.29. The molecular weight excluding hydrogens is 342 g/mol. The number of amides is 2. The summed E-state index contributed by atoms with van der Waals surface area (Å²) in [5.74, 6) is -0.554. The Hall–Kier alpha value is -3.45. The number of carbonyl (C=O) groups is 2. The van der Waals surface area contributed by atoms with E-state index in [9.17, 15) is 9.59 Å². The van der Waals surface area contributed by atoms with Gasteiger partial charge in [-0.15, -0.1) is 0 Å². The van der Waals surface area contributed by atoms with Gasteiger partial charge in [0.25, 0.3) is 5.91 Å². The van der Waals surface area contributed by atoms with Crippen molar-refractivity contribution >= 4 is 11.8 Å². The van der Waals surface area contributed by atoms with Crippen LogP contribution in [-0.4, -0.2) is 40.4 Å². The van der Waals surface area contributed by atoms with Gasteiger partial charge in [-0.25, -0.2) is 10.4 Å². The van der Waals surface area contributed by atoms with E-state index in [2.05, 4.69) is 15.8 Å². The van der Waals surface area contributed by atoms with Crippen LogP contribution in [0.15, 0.2) is 73.2 Å². The molecule has 1 atom stereocenters. The van der Waals surface area contributed by atoms with Crippen LogP contribution in [0.25, 0.3) is 5.69 Å². The molecule has 138 valence electrons. The molecule has 0 aliphatic carbocycles. The normalized spacial score (nSPS) is 11.6. The van der Waals surface area contributed by atoms with E-state index >= 15 is 0 Å². The van der Waals surface area contributed by atoms with Crippen LogP contribution in [0.5, 0.6) is 0 Å². The number of para-hydroxylation sites is 1. The minimum absolute atomic E-state index is 0.168. The Morgan fingerprint density at radius 1 is 1.00 bits per heavy atom. The van der Waals surface area contributed by atoms with Crippen LogP contribution in [0.4, 0.5) is 0 Å². The van der Waals surface area contributed by atoms with Crippen LogP contribution in [0, 0.1) is 0 Å². The smallest absolute Gasteiger partial charge is 0.284 e. The number of hydrazine groups is 1. The van der Waals surface area contributed by atoms with Gasteiger partial charge >= 0.3 is 0 Å². The van der Waals surface area contributed by atoms with Crippen molar-refractivity contribution in [3.8, 4) is 5.69 Å². The monoisotopic (exact) mass is 363 g/mol. The Bertz CT molecular complexity index is 906. The lowest BCUT2D eigenvalue weighted by molar-refractivity contribution is -0.131. The van der Waals surface area contributed by atoms with E-state index in [-0.39, 0.29) is 11.8 Å². The highest BCUT2D eigenvalue weighted by molar-refractivity contribution is 5.93. The summed E-state index contributed by atoms with van der Waals surface area (Å²) in [5.41, 5.74) is 7.42. The maximum absolute atomic E-state index is 12.7. The quantitative estimate of drug-likeness (QED) is 0.656. The van der Waals surface area contributed by atoms with Gasteiger partial charge in [-0.3, -0.25) is 19.6 Å². The summed E-state index contributed by atoms with van der Waals surface area (Å²) < 4.78 is 1.68. The van der Waals surface area contributed by atoms with E-state index in [1.165, 1.54) is 11.1 Å². The van der Waals surface area contributed by atoms with E-state index in [0.717, 1.165) is 11.3 Å². The standard InChI is InChI=1S/C20H21N5O2/c1-24(2)20(27)18(15-9-5-3-6-10-15)22-23-19(26)17-13-21-14-25(17)16-11-7-4-8-12-16/h3-14,18,22H,1-2H3,(H,23,26).